The number of likely N-dealkylation sites (N-methyl/N-ethyl adjacent to an activating group) is 2. The minimum absolute atomic E-state index is 0.0966. The van der Waals surface area contributed by atoms with Gasteiger partial charge in [0.1, 0.15) is 6.04 Å². The molecule has 21 heavy (non-hydrogen) atoms. The molecule has 1 amide bonds. The molecule has 0 saturated heterocycles. The van der Waals surface area contributed by atoms with Crippen molar-refractivity contribution in [2.75, 3.05) is 21.1 Å². The van der Waals surface area contributed by atoms with E-state index in [1.54, 1.807) is 30.3 Å². The summed E-state index contributed by atoms with van der Waals surface area (Å²) in [5.41, 5.74) is 1.02. The first kappa shape index (κ1) is 16.2. The first-order valence-electron chi connectivity index (χ1n) is 6.69. The first-order valence-corrected chi connectivity index (χ1v) is 8.30. The highest BCUT2D eigenvalue weighted by molar-refractivity contribution is 9.11. The van der Waals surface area contributed by atoms with Crippen LogP contribution in [0.4, 0.5) is 0 Å². The third-order valence-electron chi connectivity index (χ3n) is 3.26. The van der Waals surface area contributed by atoms with Crippen molar-refractivity contribution in [3.05, 3.63) is 56.7 Å². The van der Waals surface area contributed by atoms with Gasteiger partial charge in [-0.3, -0.25) is 9.69 Å². The van der Waals surface area contributed by atoms with E-state index in [2.05, 4.69) is 26.9 Å². The van der Waals surface area contributed by atoms with Crippen molar-refractivity contribution in [1.29, 1.82) is 0 Å². The molecule has 1 heterocycles. The fourth-order valence-electron chi connectivity index (χ4n) is 2.24. The first-order chi connectivity index (χ1) is 9.99. The van der Waals surface area contributed by atoms with Crippen LogP contribution in [-0.4, -0.2) is 36.9 Å². The minimum Gasteiger partial charge on any atom is -0.347 e. The van der Waals surface area contributed by atoms with Gasteiger partial charge in [-0.25, -0.2) is 0 Å². The Balaban J connectivity index is 2.24. The maximum atomic E-state index is 12.6. The molecule has 112 valence electrons. The molecule has 3 nitrogen and oxygen atoms in total. The molecule has 1 aromatic carbocycles. The number of carbonyl (C=O) groups excluding carboxylic acids is 1. The quantitative estimate of drug-likeness (QED) is 0.803. The Kier molecular flexibility index (Phi) is 5.56. The number of rotatable bonds is 5. The van der Waals surface area contributed by atoms with Gasteiger partial charge in [-0.15, -0.1) is 11.3 Å². The Hall–Kier alpha value is -1.17. The van der Waals surface area contributed by atoms with Crippen molar-refractivity contribution in [2.24, 2.45) is 0 Å². The molecule has 0 bridgehead atoms. The molecule has 2 rings (SSSR count). The normalized spacial score (nSPS) is 12.4. The predicted octanol–water partition coefficient (Wildman–Crippen LogP) is 3.77. The summed E-state index contributed by atoms with van der Waals surface area (Å²) < 4.78 is 1.11. The summed E-state index contributed by atoms with van der Waals surface area (Å²) in [6.45, 7) is 0.745. The van der Waals surface area contributed by atoms with Crippen LogP contribution >= 0.6 is 27.3 Å². The van der Waals surface area contributed by atoms with Crippen molar-refractivity contribution in [2.45, 2.75) is 12.6 Å². The van der Waals surface area contributed by atoms with Crippen molar-refractivity contribution >= 4 is 33.2 Å². The maximum Gasteiger partial charge on any atom is 0.244 e. The highest BCUT2D eigenvalue weighted by atomic mass is 79.9. The van der Waals surface area contributed by atoms with Crippen LogP contribution in [0.15, 0.2) is 46.3 Å². The van der Waals surface area contributed by atoms with Crippen molar-refractivity contribution in [3.63, 3.8) is 0 Å². The lowest BCUT2D eigenvalue weighted by atomic mass is 10.0. The molecule has 0 fully saturated rings. The van der Waals surface area contributed by atoms with E-state index in [9.17, 15) is 4.79 Å². The van der Waals surface area contributed by atoms with Crippen LogP contribution in [-0.2, 0) is 11.3 Å². The van der Waals surface area contributed by atoms with Crippen LogP contribution in [0.1, 0.15) is 16.5 Å². The maximum absolute atomic E-state index is 12.6. The summed E-state index contributed by atoms with van der Waals surface area (Å²) in [5, 5.41) is 0. The van der Waals surface area contributed by atoms with Gasteiger partial charge in [0.05, 0.1) is 3.79 Å². The Morgan fingerprint density at radius 3 is 2.33 bits per heavy atom. The van der Waals surface area contributed by atoms with Crippen molar-refractivity contribution < 1.29 is 4.79 Å². The van der Waals surface area contributed by atoms with Gasteiger partial charge in [-0.1, -0.05) is 30.3 Å². The van der Waals surface area contributed by atoms with E-state index in [-0.39, 0.29) is 11.9 Å². The van der Waals surface area contributed by atoms with E-state index in [0.717, 1.165) is 15.9 Å². The molecule has 0 saturated carbocycles. The Morgan fingerprint density at radius 1 is 1.14 bits per heavy atom. The largest absolute Gasteiger partial charge is 0.347 e. The van der Waals surface area contributed by atoms with Crippen LogP contribution in [0.5, 0.6) is 0 Å². The average Bonchev–Trinajstić information content (AvgIpc) is 2.85. The smallest absolute Gasteiger partial charge is 0.244 e. The van der Waals surface area contributed by atoms with E-state index < -0.39 is 0 Å². The summed E-state index contributed by atoms with van der Waals surface area (Å²) in [7, 11) is 5.59. The second-order valence-corrected chi connectivity index (χ2v) is 7.71. The van der Waals surface area contributed by atoms with Crippen molar-refractivity contribution in [3.8, 4) is 0 Å². The highest BCUT2D eigenvalue weighted by Gasteiger charge is 2.26. The van der Waals surface area contributed by atoms with Crippen LogP contribution in [0.2, 0.25) is 0 Å². The number of amides is 1. The summed E-state index contributed by atoms with van der Waals surface area (Å²) in [4.78, 5) is 17.5. The lowest BCUT2D eigenvalue weighted by molar-refractivity contribution is -0.134. The van der Waals surface area contributed by atoms with E-state index in [0.29, 0.717) is 0 Å². The van der Waals surface area contributed by atoms with Crippen LogP contribution in [0.3, 0.4) is 0 Å². The molecule has 0 spiro atoms. The van der Waals surface area contributed by atoms with Crippen LogP contribution < -0.4 is 0 Å². The SMILES string of the molecule is CN(C)C(=O)C(c1ccccc1)N(C)Cc1ccc(Br)s1. The zero-order valence-electron chi connectivity index (χ0n) is 12.4. The summed E-state index contributed by atoms with van der Waals surface area (Å²) in [6, 6.07) is 13.8. The fraction of sp³-hybridized carbons (Fsp3) is 0.312. The zero-order chi connectivity index (χ0) is 15.4. The number of carbonyl (C=O) groups is 1. The third kappa shape index (κ3) is 4.15. The fourth-order valence-corrected chi connectivity index (χ4v) is 3.79. The molecular formula is C16H19BrN2OS. The number of thiophene rings is 1. The number of halogens is 1. The molecule has 0 N–H and O–H groups in total. The van der Waals surface area contributed by atoms with E-state index in [4.69, 9.17) is 0 Å². The summed E-state index contributed by atoms with van der Waals surface area (Å²) in [5.74, 6) is 0.0966. The lowest BCUT2D eigenvalue weighted by Gasteiger charge is -2.29. The number of nitrogens with zero attached hydrogens (tertiary/aromatic N) is 2. The number of hydrogen-bond acceptors (Lipinski definition) is 3. The minimum atomic E-state index is -0.262. The van der Waals surface area contributed by atoms with E-state index in [1.807, 2.05) is 43.4 Å². The predicted molar refractivity (Wildman–Crippen MR) is 91.4 cm³/mol. The average molecular weight is 367 g/mol. The standard InChI is InChI=1S/C16H19BrN2OS/c1-18(2)16(20)15(12-7-5-4-6-8-12)19(3)11-13-9-10-14(17)21-13/h4-10,15H,11H2,1-3H3. The van der Waals surface area contributed by atoms with Gasteiger partial charge >= 0.3 is 0 Å². The molecule has 1 atom stereocenters. The topological polar surface area (TPSA) is 23.6 Å². The van der Waals surface area contributed by atoms with Gasteiger partial charge in [-0.05, 0) is 40.7 Å². The number of hydrogen-bond donors (Lipinski definition) is 0. The van der Waals surface area contributed by atoms with Crippen LogP contribution in [0.25, 0.3) is 0 Å². The van der Waals surface area contributed by atoms with Gasteiger partial charge in [0.25, 0.3) is 0 Å². The molecular weight excluding hydrogens is 348 g/mol. The molecule has 1 aromatic heterocycles. The van der Waals surface area contributed by atoms with Gasteiger partial charge in [-0.2, -0.15) is 0 Å². The van der Waals surface area contributed by atoms with E-state index >= 15 is 0 Å². The van der Waals surface area contributed by atoms with Gasteiger partial charge in [0.2, 0.25) is 5.91 Å². The Morgan fingerprint density at radius 2 is 1.81 bits per heavy atom. The lowest BCUT2D eigenvalue weighted by Crippen LogP contribution is -2.37. The van der Waals surface area contributed by atoms with Crippen LogP contribution in [0, 0.1) is 0 Å². The second kappa shape index (κ2) is 7.20. The summed E-state index contributed by atoms with van der Waals surface area (Å²) >= 11 is 5.18. The molecule has 5 heteroatoms. The summed E-state index contributed by atoms with van der Waals surface area (Å²) in [6.07, 6.45) is 0. The van der Waals surface area contributed by atoms with Crippen molar-refractivity contribution in [1.82, 2.24) is 9.80 Å². The molecule has 2 aromatic rings. The highest BCUT2D eigenvalue weighted by Crippen LogP contribution is 2.27. The zero-order valence-corrected chi connectivity index (χ0v) is 14.8. The molecule has 0 radical (unpaired) electrons. The number of benzene rings is 1. The van der Waals surface area contributed by atoms with Gasteiger partial charge < -0.3 is 4.90 Å². The third-order valence-corrected chi connectivity index (χ3v) is 4.87. The molecule has 0 aliphatic carbocycles. The molecule has 1 unspecified atom stereocenters. The van der Waals surface area contributed by atoms with E-state index in [1.165, 1.54) is 4.88 Å². The molecule has 0 aliphatic heterocycles. The Bertz CT molecular complexity index is 597. The van der Waals surface area contributed by atoms with Gasteiger partial charge in [0, 0.05) is 25.5 Å². The second-order valence-electron chi connectivity index (χ2n) is 5.17. The van der Waals surface area contributed by atoms with Gasteiger partial charge in [0.15, 0.2) is 0 Å². The molecule has 0 aliphatic rings. The monoisotopic (exact) mass is 366 g/mol. The Labute approximate surface area is 138 Å².